The zero-order chi connectivity index (χ0) is 18.8. The minimum absolute atomic E-state index is 0.153. The van der Waals surface area contributed by atoms with Gasteiger partial charge in [-0.2, -0.15) is 0 Å². The van der Waals surface area contributed by atoms with Crippen molar-refractivity contribution in [3.63, 3.8) is 0 Å². The van der Waals surface area contributed by atoms with Gasteiger partial charge in [-0.3, -0.25) is 9.36 Å². The molecule has 0 bridgehead atoms. The topological polar surface area (TPSA) is 44.1 Å². The molecule has 6 heteroatoms. The van der Waals surface area contributed by atoms with Crippen molar-refractivity contribution in [1.29, 1.82) is 0 Å². The van der Waals surface area contributed by atoms with Crippen molar-refractivity contribution in [2.24, 2.45) is 0 Å². The number of hydrogen-bond donors (Lipinski definition) is 0. The summed E-state index contributed by atoms with van der Waals surface area (Å²) >= 11 is 7.55. The monoisotopic (exact) mass is 386 g/mol. The first-order chi connectivity index (χ1) is 12.4. The fourth-order valence-electron chi connectivity index (χ4n) is 2.61. The lowest BCUT2D eigenvalue weighted by atomic mass is 10.2. The van der Waals surface area contributed by atoms with Gasteiger partial charge in [0, 0.05) is 10.8 Å². The Morgan fingerprint density at radius 1 is 1.31 bits per heavy atom. The molecule has 0 spiro atoms. The van der Waals surface area contributed by atoms with Gasteiger partial charge < -0.3 is 4.74 Å². The Morgan fingerprint density at radius 2 is 2.08 bits per heavy atom. The molecule has 1 aromatic heterocycles. The second-order valence-electron chi connectivity index (χ2n) is 6.12. The van der Waals surface area contributed by atoms with Crippen LogP contribution in [0.25, 0.3) is 16.6 Å². The molecule has 3 aromatic rings. The number of nitrogens with zero attached hydrogens (tertiary/aromatic N) is 2. The molecule has 0 amide bonds. The van der Waals surface area contributed by atoms with Crippen molar-refractivity contribution in [2.45, 2.75) is 19.0 Å². The minimum Gasteiger partial charge on any atom is -0.495 e. The van der Waals surface area contributed by atoms with E-state index in [1.807, 2.05) is 32.0 Å². The van der Waals surface area contributed by atoms with Crippen LogP contribution in [0.2, 0.25) is 5.02 Å². The second kappa shape index (κ2) is 7.56. The zero-order valence-corrected chi connectivity index (χ0v) is 16.4. The lowest BCUT2D eigenvalue weighted by Gasteiger charge is -2.16. The summed E-state index contributed by atoms with van der Waals surface area (Å²) in [7, 11) is 1.59. The van der Waals surface area contributed by atoms with Crippen LogP contribution in [0.4, 0.5) is 0 Å². The Kier molecular flexibility index (Phi) is 5.39. The molecule has 134 valence electrons. The number of fused-ring (bicyclic) bond motifs is 1. The van der Waals surface area contributed by atoms with Gasteiger partial charge in [-0.15, -0.1) is 0 Å². The van der Waals surface area contributed by atoms with Gasteiger partial charge in [0.05, 0.1) is 23.7 Å². The molecule has 4 nitrogen and oxygen atoms in total. The largest absolute Gasteiger partial charge is 0.495 e. The van der Waals surface area contributed by atoms with Crippen LogP contribution in [0.3, 0.4) is 0 Å². The lowest BCUT2D eigenvalue weighted by molar-refractivity contribution is 0.411. The van der Waals surface area contributed by atoms with Crippen LogP contribution >= 0.6 is 23.4 Å². The molecule has 26 heavy (non-hydrogen) atoms. The molecule has 0 unspecified atom stereocenters. The van der Waals surface area contributed by atoms with Crippen molar-refractivity contribution >= 4 is 34.3 Å². The van der Waals surface area contributed by atoms with Crippen molar-refractivity contribution in [3.05, 3.63) is 69.5 Å². The first-order valence-electron chi connectivity index (χ1n) is 8.05. The molecular weight excluding hydrogens is 368 g/mol. The first-order valence-corrected chi connectivity index (χ1v) is 9.41. The van der Waals surface area contributed by atoms with Gasteiger partial charge in [0.15, 0.2) is 5.16 Å². The molecule has 0 saturated heterocycles. The maximum Gasteiger partial charge on any atom is 0.266 e. The van der Waals surface area contributed by atoms with Gasteiger partial charge in [0.2, 0.25) is 0 Å². The first kappa shape index (κ1) is 18.5. The van der Waals surface area contributed by atoms with Gasteiger partial charge in [-0.1, -0.05) is 41.6 Å². The van der Waals surface area contributed by atoms with Crippen LogP contribution < -0.4 is 10.3 Å². The molecule has 0 saturated carbocycles. The number of aryl methyl sites for hydroxylation is 1. The molecular formula is C20H19ClN2O2S. The summed E-state index contributed by atoms with van der Waals surface area (Å²) in [4.78, 5) is 18.0. The third kappa shape index (κ3) is 3.64. The Morgan fingerprint density at radius 3 is 2.77 bits per heavy atom. The van der Waals surface area contributed by atoms with Crippen molar-refractivity contribution in [1.82, 2.24) is 9.55 Å². The summed E-state index contributed by atoms with van der Waals surface area (Å²) in [5.74, 6) is 1.28. The molecule has 0 aliphatic heterocycles. The summed E-state index contributed by atoms with van der Waals surface area (Å²) in [6.45, 7) is 7.86. The van der Waals surface area contributed by atoms with E-state index in [1.165, 1.54) is 11.8 Å². The number of halogens is 1. The molecule has 0 N–H and O–H groups in total. The maximum atomic E-state index is 13.3. The average molecular weight is 387 g/mol. The van der Waals surface area contributed by atoms with Crippen molar-refractivity contribution in [3.8, 4) is 11.4 Å². The molecule has 0 fully saturated rings. The summed E-state index contributed by atoms with van der Waals surface area (Å²) in [6, 6.07) is 10.8. The second-order valence-corrected chi connectivity index (χ2v) is 7.50. The van der Waals surface area contributed by atoms with Crippen LogP contribution in [0, 0.1) is 6.92 Å². The third-order valence-corrected chi connectivity index (χ3v) is 5.23. The van der Waals surface area contributed by atoms with E-state index in [-0.39, 0.29) is 5.56 Å². The number of aromatic nitrogens is 2. The lowest BCUT2D eigenvalue weighted by Crippen LogP contribution is -2.22. The number of methoxy groups -OCH3 is 1. The number of thioether (sulfide) groups is 1. The van der Waals surface area contributed by atoms with Crippen LogP contribution in [-0.2, 0) is 0 Å². The molecule has 2 aromatic carbocycles. The van der Waals surface area contributed by atoms with E-state index in [9.17, 15) is 4.79 Å². The predicted octanol–water partition coefficient (Wildman–Crippen LogP) is 5.02. The summed E-state index contributed by atoms with van der Waals surface area (Å²) in [5.41, 5.74) is 3.12. The average Bonchev–Trinajstić information content (AvgIpc) is 2.59. The Labute approximate surface area is 161 Å². The molecule has 0 atom stereocenters. The highest BCUT2D eigenvalue weighted by atomic mass is 35.5. The van der Waals surface area contributed by atoms with E-state index in [0.717, 1.165) is 11.1 Å². The number of ether oxygens (including phenoxy) is 1. The third-order valence-electron chi connectivity index (χ3n) is 3.82. The molecule has 1 heterocycles. The SMILES string of the molecule is C=C(C)CSc1nc2cc(Cl)ccc2c(=O)n1-c1cc(C)ccc1OC. The predicted molar refractivity (Wildman–Crippen MR) is 109 cm³/mol. The number of rotatable bonds is 5. The molecule has 0 aliphatic carbocycles. The van der Waals surface area contributed by atoms with Gasteiger partial charge in [0.25, 0.3) is 5.56 Å². The quantitative estimate of drug-likeness (QED) is 0.350. The van der Waals surface area contributed by atoms with Crippen LogP contribution in [-0.4, -0.2) is 22.4 Å². The Balaban J connectivity index is 2.35. The zero-order valence-electron chi connectivity index (χ0n) is 14.9. The Bertz CT molecular complexity index is 1060. The van der Waals surface area contributed by atoms with E-state index < -0.39 is 0 Å². The molecule has 0 radical (unpaired) electrons. The van der Waals surface area contributed by atoms with E-state index in [0.29, 0.717) is 38.3 Å². The number of benzene rings is 2. The highest BCUT2D eigenvalue weighted by Crippen LogP contribution is 2.29. The molecule has 0 aliphatic rings. The van der Waals surface area contributed by atoms with Gasteiger partial charge in [-0.25, -0.2) is 4.98 Å². The minimum atomic E-state index is -0.153. The molecule has 3 rings (SSSR count). The number of hydrogen-bond acceptors (Lipinski definition) is 4. The fraction of sp³-hybridized carbons (Fsp3) is 0.200. The van der Waals surface area contributed by atoms with E-state index in [4.69, 9.17) is 21.3 Å². The standard InChI is InChI=1S/C20H19ClN2O2S/c1-12(2)11-26-20-22-16-10-14(21)6-7-15(16)19(24)23(20)17-9-13(3)5-8-18(17)25-4/h5-10H,1,11H2,2-4H3. The Hall–Kier alpha value is -2.24. The van der Waals surface area contributed by atoms with E-state index in [2.05, 4.69) is 6.58 Å². The van der Waals surface area contributed by atoms with Crippen LogP contribution in [0.1, 0.15) is 12.5 Å². The van der Waals surface area contributed by atoms with E-state index >= 15 is 0 Å². The van der Waals surface area contributed by atoms with Crippen molar-refractivity contribution < 1.29 is 4.74 Å². The summed E-state index contributed by atoms with van der Waals surface area (Å²) < 4.78 is 7.09. The highest BCUT2D eigenvalue weighted by Gasteiger charge is 2.17. The normalized spacial score (nSPS) is 10.9. The van der Waals surface area contributed by atoms with E-state index in [1.54, 1.807) is 29.9 Å². The van der Waals surface area contributed by atoms with Crippen molar-refractivity contribution in [2.75, 3.05) is 12.9 Å². The highest BCUT2D eigenvalue weighted by molar-refractivity contribution is 7.99. The van der Waals surface area contributed by atoms with Gasteiger partial charge in [-0.05, 0) is 49.7 Å². The van der Waals surface area contributed by atoms with Gasteiger partial charge in [0.1, 0.15) is 5.75 Å². The van der Waals surface area contributed by atoms with Crippen LogP contribution in [0.15, 0.2) is 58.5 Å². The fourth-order valence-corrected chi connectivity index (χ4v) is 3.63. The smallest absolute Gasteiger partial charge is 0.266 e. The van der Waals surface area contributed by atoms with Gasteiger partial charge >= 0.3 is 0 Å². The maximum absolute atomic E-state index is 13.3. The summed E-state index contributed by atoms with van der Waals surface area (Å²) in [5, 5.41) is 1.64. The summed E-state index contributed by atoms with van der Waals surface area (Å²) in [6.07, 6.45) is 0. The van der Waals surface area contributed by atoms with Crippen LogP contribution in [0.5, 0.6) is 5.75 Å².